The van der Waals surface area contributed by atoms with Gasteiger partial charge >= 0.3 is 0 Å². The van der Waals surface area contributed by atoms with Crippen molar-refractivity contribution in [2.75, 3.05) is 5.43 Å². The van der Waals surface area contributed by atoms with Crippen molar-refractivity contribution in [1.82, 2.24) is 15.3 Å². The molecule has 1 heterocycles. The molecule has 2 aliphatic carbocycles. The summed E-state index contributed by atoms with van der Waals surface area (Å²) in [5.41, 5.74) is 19.2. The number of nitrogens with zero attached hydrogens (tertiary/aromatic N) is 1. The van der Waals surface area contributed by atoms with E-state index in [0.717, 1.165) is 24.1 Å². The normalized spacial score (nSPS) is 17.1. The largest absolute Gasteiger partial charge is 0.327 e. The Morgan fingerprint density at radius 3 is 2.14 bits per heavy atom. The molecule has 3 N–H and O–H groups in total. The fourth-order valence-electron chi connectivity index (χ4n) is 8.20. The molecule has 0 aliphatic heterocycles. The van der Waals surface area contributed by atoms with Gasteiger partial charge < -0.3 is 9.99 Å². The average molecular weight is 635 g/mol. The number of para-hydroxylation sites is 2. The van der Waals surface area contributed by atoms with Crippen LogP contribution in [0.15, 0.2) is 175 Å². The van der Waals surface area contributed by atoms with Gasteiger partial charge in [-0.2, -0.15) is 0 Å². The van der Waals surface area contributed by atoms with E-state index in [-0.39, 0.29) is 6.17 Å². The minimum Gasteiger partial charge on any atom is -0.327 e. The predicted octanol–water partition coefficient (Wildman–Crippen LogP) is 10.2. The van der Waals surface area contributed by atoms with E-state index in [1.165, 1.54) is 55.2 Å². The summed E-state index contributed by atoms with van der Waals surface area (Å²) in [6.45, 7) is 0.597. The zero-order chi connectivity index (χ0) is 32.6. The number of fused-ring (bicyclic) bond motifs is 7. The number of anilines is 1. The van der Waals surface area contributed by atoms with Gasteiger partial charge in [0, 0.05) is 22.0 Å². The summed E-state index contributed by atoms with van der Waals surface area (Å²) in [4.78, 5) is 0. The Bertz CT molecular complexity index is 2340. The molecule has 0 fully saturated rings. The van der Waals surface area contributed by atoms with Crippen LogP contribution >= 0.6 is 0 Å². The van der Waals surface area contributed by atoms with Gasteiger partial charge in [-0.1, -0.05) is 152 Å². The van der Waals surface area contributed by atoms with E-state index in [2.05, 4.69) is 172 Å². The highest BCUT2D eigenvalue weighted by Crippen LogP contribution is 2.59. The quantitative estimate of drug-likeness (QED) is 0.109. The lowest BCUT2D eigenvalue weighted by molar-refractivity contribution is 0.428. The molecular weight excluding hydrogens is 597 g/mol. The number of hydrogen-bond acceptors (Lipinski definition) is 3. The number of benzene rings is 6. The van der Waals surface area contributed by atoms with Crippen molar-refractivity contribution in [2.24, 2.45) is 0 Å². The molecule has 0 spiro atoms. The van der Waals surface area contributed by atoms with E-state index >= 15 is 0 Å². The molecule has 2 unspecified atom stereocenters. The summed E-state index contributed by atoms with van der Waals surface area (Å²) < 4.78 is 2.51. The molecule has 2 atom stereocenters. The van der Waals surface area contributed by atoms with Crippen LogP contribution in [0.4, 0.5) is 5.69 Å². The van der Waals surface area contributed by atoms with Gasteiger partial charge in [0.15, 0.2) is 0 Å². The molecule has 238 valence electrons. The molecule has 0 saturated heterocycles. The van der Waals surface area contributed by atoms with Crippen molar-refractivity contribution >= 4 is 27.5 Å². The van der Waals surface area contributed by atoms with E-state index in [9.17, 15) is 0 Å². The second-order valence-electron chi connectivity index (χ2n) is 13.0. The Kier molecular flexibility index (Phi) is 7.46. The predicted molar refractivity (Wildman–Crippen MR) is 203 cm³/mol. The summed E-state index contributed by atoms with van der Waals surface area (Å²) in [5, 5.41) is 6.45. The summed E-state index contributed by atoms with van der Waals surface area (Å²) in [5.74, 6) is 0. The van der Waals surface area contributed by atoms with Gasteiger partial charge in [0.05, 0.1) is 23.1 Å². The highest BCUT2D eigenvalue weighted by molar-refractivity contribution is 6.12. The lowest BCUT2D eigenvalue weighted by Gasteiger charge is -2.36. The molecule has 6 aromatic carbocycles. The molecule has 9 rings (SSSR count). The molecule has 2 aliphatic rings. The van der Waals surface area contributed by atoms with E-state index < -0.39 is 5.41 Å². The van der Waals surface area contributed by atoms with Crippen molar-refractivity contribution < 1.29 is 0 Å². The molecule has 0 amide bonds. The van der Waals surface area contributed by atoms with Crippen LogP contribution in [0.3, 0.4) is 0 Å². The zero-order valence-corrected chi connectivity index (χ0v) is 27.3. The maximum Gasteiger partial charge on any atom is 0.102 e. The minimum atomic E-state index is -0.457. The summed E-state index contributed by atoms with van der Waals surface area (Å²) in [6, 6.07) is 54.7. The summed E-state index contributed by atoms with van der Waals surface area (Å²) >= 11 is 0. The number of hydrogen-bond donors (Lipinski definition) is 3. The third-order valence-electron chi connectivity index (χ3n) is 10.3. The first-order chi connectivity index (χ1) is 24.3. The topological polar surface area (TPSA) is 41.0 Å². The standard InChI is InChI=1S/C45H38N4/c1-5-17-32(18-6-1)44(48-47-35-23-11-4-12-24-35)46-31-49-41-28-16-14-26-37(41)39-30-29-38-36-25-13-15-27-40(36)45(42(38)43(39)49,33-19-7-2-8-20-33)34-21-9-3-10-22-34/h1-2,4-9,11-30,44,46-48H,3,10,31H2. The van der Waals surface area contributed by atoms with Crippen molar-refractivity contribution in [1.29, 1.82) is 0 Å². The lowest BCUT2D eigenvalue weighted by Crippen LogP contribution is -2.38. The third-order valence-corrected chi connectivity index (χ3v) is 10.3. The van der Waals surface area contributed by atoms with Crippen LogP contribution < -0.4 is 16.2 Å². The first kappa shape index (κ1) is 29.5. The summed E-state index contributed by atoms with van der Waals surface area (Å²) in [6.07, 6.45) is 9.17. The minimum absolute atomic E-state index is 0.158. The van der Waals surface area contributed by atoms with Gasteiger partial charge in [-0.25, -0.2) is 5.43 Å². The van der Waals surface area contributed by atoms with Crippen molar-refractivity contribution in [2.45, 2.75) is 31.1 Å². The Morgan fingerprint density at radius 2 is 1.35 bits per heavy atom. The van der Waals surface area contributed by atoms with Crippen LogP contribution in [0, 0.1) is 0 Å². The maximum absolute atomic E-state index is 3.91. The number of rotatable bonds is 9. The number of aromatic nitrogens is 1. The first-order valence-corrected chi connectivity index (χ1v) is 17.3. The van der Waals surface area contributed by atoms with Gasteiger partial charge in [-0.3, -0.25) is 5.32 Å². The molecule has 1 aromatic heterocycles. The van der Waals surface area contributed by atoms with Crippen LogP contribution in [0.25, 0.3) is 32.9 Å². The van der Waals surface area contributed by atoms with E-state index in [1.807, 2.05) is 18.2 Å². The Labute approximate surface area is 287 Å². The second kappa shape index (κ2) is 12.4. The first-order valence-electron chi connectivity index (χ1n) is 17.3. The maximum atomic E-state index is 3.91. The highest BCUT2D eigenvalue weighted by atomic mass is 15.4. The fraction of sp³-hybridized carbons (Fsp3) is 0.111. The Hall–Kier alpha value is -5.68. The van der Waals surface area contributed by atoms with Gasteiger partial charge in [-0.15, -0.1) is 0 Å². The smallest absolute Gasteiger partial charge is 0.102 e. The van der Waals surface area contributed by atoms with Crippen molar-refractivity contribution in [3.05, 3.63) is 198 Å². The molecule has 0 saturated carbocycles. The average Bonchev–Trinajstić information content (AvgIpc) is 3.67. The Morgan fingerprint density at radius 1 is 0.633 bits per heavy atom. The monoisotopic (exact) mass is 634 g/mol. The van der Waals surface area contributed by atoms with E-state index in [0.29, 0.717) is 6.67 Å². The van der Waals surface area contributed by atoms with Crippen LogP contribution in [0.1, 0.15) is 41.3 Å². The van der Waals surface area contributed by atoms with Crippen LogP contribution in [-0.4, -0.2) is 4.57 Å². The highest BCUT2D eigenvalue weighted by Gasteiger charge is 2.48. The Balaban J connectivity index is 1.27. The SMILES string of the molecule is C1=CC(C2(c3ccccc3)c3ccccc3-c3ccc4c5ccccc5n(CNC(NNc5ccccc5)c5ccccc5)c4c32)=CCC1. The number of nitrogens with one attached hydrogen (secondary N) is 3. The van der Waals surface area contributed by atoms with E-state index in [1.54, 1.807) is 0 Å². The molecule has 0 radical (unpaired) electrons. The van der Waals surface area contributed by atoms with Gasteiger partial charge in [0.2, 0.25) is 0 Å². The molecule has 4 heteroatoms. The van der Waals surface area contributed by atoms with E-state index in [4.69, 9.17) is 0 Å². The van der Waals surface area contributed by atoms with Crippen molar-refractivity contribution in [3.8, 4) is 11.1 Å². The third kappa shape index (κ3) is 4.83. The van der Waals surface area contributed by atoms with Crippen LogP contribution in [0.5, 0.6) is 0 Å². The number of allylic oxidation sites excluding steroid dienone is 4. The van der Waals surface area contributed by atoms with Crippen molar-refractivity contribution in [3.63, 3.8) is 0 Å². The molecule has 0 bridgehead atoms. The van der Waals surface area contributed by atoms with Crippen LogP contribution in [-0.2, 0) is 12.1 Å². The molecule has 7 aromatic rings. The van der Waals surface area contributed by atoms with Crippen LogP contribution in [0.2, 0.25) is 0 Å². The fourth-order valence-corrected chi connectivity index (χ4v) is 8.20. The zero-order valence-electron chi connectivity index (χ0n) is 27.3. The van der Waals surface area contributed by atoms with Gasteiger partial charge in [0.25, 0.3) is 0 Å². The summed E-state index contributed by atoms with van der Waals surface area (Å²) in [7, 11) is 0. The molecule has 4 nitrogen and oxygen atoms in total. The molecule has 49 heavy (non-hydrogen) atoms. The number of hydrazine groups is 1. The second-order valence-corrected chi connectivity index (χ2v) is 13.0. The molecular formula is C45H38N4. The lowest BCUT2D eigenvalue weighted by atomic mass is 9.66. The van der Waals surface area contributed by atoms with Gasteiger partial charge in [-0.05, 0) is 64.4 Å². The van der Waals surface area contributed by atoms with Gasteiger partial charge in [0.1, 0.15) is 6.17 Å².